The molecule has 0 fully saturated rings. The van der Waals surface area contributed by atoms with Crippen molar-refractivity contribution in [1.29, 1.82) is 0 Å². The summed E-state index contributed by atoms with van der Waals surface area (Å²) in [4.78, 5) is 10.4. The quantitative estimate of drug-likeness (QED) is 0.174. The van der Waals surface area contributed by atoms with Gasteiger partial charge in [-0.3, -0.25) is 0 Å². The molecule has 0 saturated heterocycles. The first-order valence-electron chi connectivity index (χ1n) is 7.59. The summed E-state index contributed by atoms with van der Waals surface area (Å²) in [5.74, 6) is -2.07. The van der Waals surface area contributed by atoms with Gasteiger partial charge in [0, 0.05) is 12.0 Å². The summed E-state index contributed by atoms with van der Waals surface area (Å²) in [5, 5.41) is 28.4. The predicted octanol–water partition coefficient (Wildman–Crippen LogP) is -3.47. The Morgan fingerprint density at radius 2 is 1.73 bits per heavy atom. The molecular weight excluding hydrogens is 481 g/mol. The van der Waals surface area contributed by atoms with Gasteiger partial charge in [-0.2, -0.15) is 10.2 Å². The second kappa shape index (κ2) is 13.2. The van der Waals surface area contributed by atoms with Gasteiger partial charge in [-0.15, -0.1) is 0 Å². The summed E-state index contributed by atoms with van der Waals surface area (Å²) < 4.78 is 38.2. The first-order chi connectivity index (χ1) is 13.1. The fraction of sp³-hybridized carbons (Fsp3) is 0.188. The van der Waals surface area contributed by atoms with Crippen LogP contribution in [0.3, 0.4) is 0 Å². The van der Waals surface area contributed by atoms with Crippen LogP contribution >= 0.6 is 23.2 Å². The Morgan fingerprint density at radius 1 is 1.13 bits per heavy atom. The Kier molecular flexibility index (Phi) is 13.0. The van der Waals surface area contributed by atoms with Crippen LogP contribution in [-0.2, 0) is 10.1 Å². The van der Waals surface area contributed by atoms with Gasteiger partial charge in [0.25, 0.3) is 0 Å². The fourth-order valence-electron chi connectivity index (χ4n) is 2.01. The topological polar surface area (TPSA) is 152 Å². The first kappa shape index (κ1) is 29.6. The SMILES string of the molecule is O=C([O-])c1cc(S(=O)(=O)[O-])ccc1OCCCN=Nc1cc(Cl)c(O)c(Cl)c1.[Na+].[Na+]. The number of halogens is 2. The van der Waals surface area contributed by atoms with Crippen LogP contribution in [0.2, 0.25) is 10.0 Å². The number of ether oxygens (including phenoxy) is 1. The van der Waals surface area contributed by atoms with Crippen molar-refractivity contribution in [1.82, 2.24) is 0 Å². The maximum Gasteiger partial charge on any atom is 1.00 e. The Bertz CT molecular complexity index is 1010. The third-order valence-electron chi connectivity index (χ3n) is 3.31. The maximum atomic E-state index is 11.1. The van der Waals surface area contributed by atoms with Crippen LogP contribution in [0.4, 0.5) is 5.69 Å². The van der Waals surface area contributed by atoms with E-state index in [1.54, 1.807) is 0 Å². The normalized spacial score (nSPS) is 10.9. The minimum atomic E-state index is -4.80. The molecule has 0 heterocycles. The van der Waals surface area contributed by atoms with Gasteiger partial charge in [0.05, 0.1) is 39.7 Å². The van der Waals surface area contributed by atoms with Crippen molar-refractivity contribution < 1.29 is 91.8 Å². The van der Waals surface area contributed by atoms with Gasteiger partial charge in [0.1, 0.15) is 15.9 Å². The van der Waals surface area contributed by atoms with E-state index in [0.29, 0.717) is 18.2 Å². The number of phenols is 1. The number of aromatic carboxylic acids is 1. The van der Waals surface area contributed by atoms with Gasteiger partial charge >= 0.3 is 59.1 Å². The van der Waals surface area contributed by atoms with Crippen LogP contribution in [0.1, 0.15) is 16.8 Å². The minimum absolute atomic E-state index is 0. The third kappa shape index (κ3) is 8.62. The molecule has 0 saturated carbocycles. The maximum absolute atomic E-state index is 11.1. The Labute approximate surface area is 226 Å². The number of rotatable bonds is 8. The van der Waals surface area contributed by atoms with Crippen LogP contribution in [0, 0.1) is 0 Å². The van der Waals surface area contributed by atoms with E-state index in [1.807, 2.05) is 0 Å². The predicted molar refractivity (Wildman–Crippen MR) is 96.4 cm³/mol. The number of carboxylic acid groups (broad SMARTS) is 1. The monoisotopic (exact) mass is 492 g/mol. The molecule has 0 aromatic heterocycles. The van der Waals surface area contributed by atoms with Crippen molar-refractivity contribution >= 4 is 45.0 Å². The van der Waals surface area contributed by atoms with E-state index in [0.717, 1.165) is 12.1 Å². The van der Waals surface area contributed by atoms with Crippen molar-refractivity contribution in [3.63, 3.8) is 0 Å². The van der Waals surface area contributed by atoms with Crippen LogP contribution in [-0.4, -0.2) is 37.2 Å². The molecule has 2 aromatic carbocycles. The van der Waals surface area contributed by atoms with Gasteiger partial charge < -0.3 is 24.3 Å². The number of hydrogen-bond acceptors (Lipinski definition) is 9. The van der Waals surface area contributed by atoms with Crippen molar-refractivity contribution in [3.05, 3.63) is 45.9 Å². The Morgan fingerprint density at radius 3 is 2.27 bits per heavy atom. The second-order valence-electron chi connectivity index (χ2n) is 5.32. The van der Waals surface area contributed by atoms with Crippen LogP contribution in [0.25, 0.3) is 0 Å². The molecular formula is C16H12Cl2N2Na2O7S. The second-order valence-corrected chi connectivity index (χ2v) is 7.52. The molecule has 2 rings (SSSR count). The molecule has 0 atom stereocenters. The smallest absolute Gasteiger partial charge is 0.744 e. The van der Waals surface area contributed by atoms with Gasteiger partial charge in [-0.05, 0) is 30.3 Å². The number of benzene rings is 2. The molecule has 0 spiro atoms. The van der Waals surface area contributed by atoms with Crippen molar-refractivity contribution in [3.8, 4) is 11.5 Å². The van der Waals surface area contributed by atoms with E-state index in [4.69, 9.17) is 27.9 Å². The summed E-state index contributed by atoms with van der Waals surface area (Å²) in [6, 6.07) is 5.45. The molecule has 0 aliphatic rings. The molecule has 0 aliphatic carbocycles. The van der Waals surface area contributed by atoms with E-state index < -0.39 is 26.5 Å². The minimum Gasteiger partial charge on any atom is -0.744 e. The van der Waals surface area contributed by atoms with Gasteiger partial charge in [-0.1, -0.05) is 23.2 Å². The van der Waals surface area contributed by atoms with Crippen LogP contribution < -0.4 is 69.0 Å². The summed E-state index contributed by atoms with van der Waals surface area (Å²) in [6.07, 6.45) is 0.344. The first-order valence-corrected chi connectivity index (χ1v) is 9.75. The fourth-order valence-corrected chi connectivity index (χ4v) is 2.98. The van der Waals surface area contributed by atoms with Crippen molar-refractivity contribution in [2.45, 2.75) is 11.3 Å². The number of carboxylic acids is 1. The zero-order valence-corrected chi connectivity index (χ0v) is 22.3. The molecule has 1 N–H and O–H groups in total. The van der Waals surface area contributed by atoms with Crippen molar-refractivity contribution in [2.24, 2.45) is 10.2 Å². The van der Waals surface area contributed by atoms with Gasteiger partial charge in [0.2, 0.25) is 0 Å². The zero-order valence-electron chi connectivity index (χ0n) is 16.0. The van der Waals surface area contributed by atoms with Gasteiger partial charge in [0.15, 0.2) is 5.75 Å². The zero-order chi connectivity index (χ0) is 20.9. The standard InChI is InChI=1S/C16H14Cl2N2O7S.2Na/c17-12-6-9(7-13(18)15(12)21)20-19-4-1-5-27-14-3-2-10(28(24,25)26)8-11(14)16(22)23;;/h2-3,6-8,21H,1,4-5H2,(H,22,23)(H,24,25,26);;/q;2*+1/p-2. The average Bonchev–Trinajstić information content (AvgIpc) is 2.61. The Balaban J connectivity index is 0.00000420. The summed E-state index contributed by atoms with van der Waals surface area (Å²) in [6.45, 7) is 0.254. The summed E-state index contributed by atoms with van der Waals surface area (Å²) in [5.41, 5.74) is -0.214. The third-order valence-corrected chi connectivity index (χ3v) is 4.71. The van der Waals surface area contributed by atoms with E-state index >= 15 is 0 Å². The average molecular weight is 493 g/mol. The van der Waals surface area contributed by atoms with E-state index in [1.165, 1.54) is 12.1 Å². The molecule has 0 bridgehead atoms. The number of hydrogen-bond donors (Lipinski definition) is 1. The van der Waals surface area contributed by atoms with Crippen LogP contribution in [0.15, 0.2) is 45.5 Å². The molecule has 30 heavy (non-hydrogen) atoms. The molecule has 0 aliphatic heterocycles. The number of carbonyl (C=O) groups is 1. The van der Waals surface area contributed by atoms with Crippen molar-refractivity contribution in [2.75, 3.05) is 13.2 Å². The molecule has 150 valence electrons. The Hall–Kier alpha value is -0.400. The number of aromatic hydroxyl groups is 1. The van der Waals surface area contributed by atoms with E-state index in [2.05, 4.69) is 10.2 Å². The molecule has 9 nitrogen and oxygen atoms in total. The van der Waals surface area contributed by atoms with E-state index in [9.17, 15) is 28.0 Å². The van der Waals surface area contributed by atoms with Crippen LogP contribution in [0.5, 0.6) is 11.5 Å². The molecule has 14 heteroatoms. The summed E-state index contributed by atoms with van der Waals surface area (Å²) in [7, 11) is -4.80. The van der Waals surface area contributed by atoms with Gasteiger partial charge in [-0.25, -0.2) is 8.42 Å². The molecule has 0 unspecified atom stereocenters. The number of carbonyl (C=O) groups excluding carboxylic acids is 1. The number of phenolic OH excluding ortho intramolecular Hbond substituents is 1. The number of azo groups is 1. The molecule has 2 aromatic rings. The molecule has 0 radical (unpaired) electrons. The van der Waals surface area contributed by atoms with E-state index in [-0.39, 0.29) is 93.8 Å². The largest absolute Gasteiger partial charge is 1.00 e. The molecule has 0 amide bonds. The number of nitrogens with zero attached hydrogens (tertiary/aromatic N) is 2. The summed E-state index contributed by atoms with van der Waals surface area (Å²) >= 11 is 11.5.